The van der Waals surface area contributed by atoms with Crippen molar-refractivity contribution in [2.45, 2.75) is 79.7 Å². The van der Waals surface area contributed by atoms with Crippen LogP contribution in [0, 0.1) is 12.7 Å². The zero-order valence-electron chi connectivity index (χ0n) is 26.1. The van der Waals surface area contributed by atoms with Crippen LogP contribution in [0.3, 0.4) is 0 Å². The van der Waals surface area contributed by atoms with Crippen LogP contribution < -0.4 is 10.2 Å². The molecule has 1 aromatic carbocycles. The fourth-order valence-corrected chi connectivity index (χ4v) is 5.25. The molecule has 1 unspecified atom stereocenters. The summed E-state index contributed by atoms with van der Waals surface area (Å²) in [5.74, 6) is 0.591. The van der Waals surface area contributed by atoms with E-state index in [0.29, 0.717) is 46.8 Å². The van der Waals surface area contributed by atoms with Crippen molar-refractivity contribution in [3.63, 3.8) is 0 Å². The number of nitrogens with one attached hydrogen (secondary N) is 1. The molecule has 1 aliphatic carbocycles. The molecular weight excluding hydrogens is 515 g/mol. The molecule has 0 bridgehead atoms. The number of halogens is 1. The number of amides is 1. The Labute approximate surface area is 244 Å². The Kier molecular flexibility index (Phi) is 11.0. The van der Waals surface area contributed by atoms with Gasteiger partial charge in [-0.15, -0.1) is 0 Å². The summed E-state index contributed by atoms with van der Waals surface area (Å²) in [6.45, 7) is 14.8. The molecule has 3 aromatic rings. The molecule has 3 heterocycles. The van der Waals surface area contributed by atoms with E-state index in [1.165, 1.54) is 6.20 Å². The molecular formula is C34H45FN4O2. The minimum absolute atomic E-state index is 0.128. The summed E-state index contributed by atoms with van der Waals surface area (Å²) in [4.78, 5) is 24.5. The van der Waals surface area contributed by atoms with E-state index >= 15 is 4.39 Å². The maximum absolute atomic E-state index is 15.3. The lowest BCUT2D eigenvalue weighted by atomic mass is 9.93. The highest BCUT2D eigenvalue weighted by atomic mass is 19.1. The smallest absolute Gasteiger partial charge is 0.255 e. The van der Waals surface area contributed by atoms with Crippen LogP contribution >= 0.6 is 0 Å². The number of nitrogens with zero attached hydrogens (tertiary/aromatic N) is 3. The van der Waals surface area contributed by atoms with Crippen LogP contribution in [0.15, 0.2) is 54.1 Å². The fraction of sp³-hybridized carbons (Fsp3) is 0.441. The third kappa shape index (κ3) is 6.77. The van der Waals surface area contributed by atoms with Crippen molar-refractivity contribution < 1.29 is 13.9 Å². The summed E-state index contributed by atoms with van der Waals surface area (Å²) < 4.78 is 21.1. The molecule has 1 atom stereocenters. The van der Waals surface area contributed by atoms with Gasteiger partial charge in [0.2, 0.25) is 0 Å². The Balaban J connectivity index is 0.00000111. The molecule has 0 saturated carbocycles. The number of hydrogen-bond acceptors (Lipinski definition) is 5. The SMILES string of the molecule is CC.CC.Cc1cc(-c2c(F)cnc3c(N(C)C)c(C(=O)NC4CCOC5=C4C=CCC5)cnc23)cc(C(C)C)c1. The molecule has 7 heteroatoms. The van der Waals surface area contributed by atoms with E-state index in [-0.39, 0.29) is 11.9 Å². The van der Waals surface area contributed by atoms with Crippen LogP contribution in [0.2, 0.25) is 0 Å². The second kappa shape index (κ2) is 14.2. The maximum Gasteiger partial charge on any atom is 0.255 e. The van der Waals surface area contributed by atoms with Crippen molar-refractivity contribution in [1.82, 2.24) is 15.3 Å². The first-order valence-electron chi connectivity index (χ1n) is 14.8. The van der Waals surface area contributed by atoms with Crippen molar-refractivity contribution in [3.8, 4) is 11.1 Å². The van der Waals surface area contributed by atoms with Crippen molar-refractivity contribution >= 4 is 22.6 Å². The molecule has 2 aliphatic rings. The zero-order valence-corrected chi connectivity index (χ0v) is 26.1. The van der Waals surface area contributed by atoms with Gasteiger partial charge in [0, 0.05) is 44.3 Å². The van der Waals surface area contributed by atoms with Gasteiger partial charge in [-0.3, -0.25) is 9.78 Å². The largest absolute Gasteiger partial charge is 0.497 e. The summed E-state index contributed by atoms with van der Waals surface area (Å²) in [6, 6.07) is 5.98. The molecule has 2 aromatic heterocycles. The molecule has 0 fully saturated rings. The van der Waals surface area contributed by atoms with Crippen LogP contribution in [-0.2, 0) is 4.74 Å². The molecule has 0 radical (unpaired) electrons. The first-order chi connectivity index (χ1) is 19.7. The van der Waals surface area contributed by atoms with Crippen LogP contribution in [0.5, 0.6) is 0 Å². The van der Waals surface area contributed by atoms with Gasteiger partial charge in [-0.1, -0.05) is 77.5 Å². The number of carbonyl (C=O) groups is 1. The monoisotopic (exact) mass is 560 g/mol. The van der Waals surface area contributed by atoms with E-state index in [2.05, 4.69) is 47.4 Å². The van der Waals surface area contributed by atoms with Crippen molar-refractivity contribution in [1.29, 1.82) is 0 Å². The summed E-state index contributed by atoms with van der Waals surface area (Å²) in [5.41, 5.74) is 6.32. The highest BCUT2D eigenvalue weighted by molar-refractivity contribution is 6.08. The average molecular weight is 561 g/mol. The molecule has 220 valence electrons. The third-order valence-corrected chi connectivity index (χ3v) is 7.08. The number of rotatable bonds is 5. The Bertz CT molecular complexity index is 1440. The van der Waals surface area contributed by atoms with Crippen molar-refractivity contribution in [3.05, 3.63) is 76.6 Å². The van der Waals surface area contributed by atoms with E-state index in [1.54, 1.807) is 6.20 Å². The van der Waals surface area contributed by atoms with Crippen LogP contribution in [0.4, 0.5) is 10.1 Å². The van der Waals surface area contributed by atoms with Crippen LogP contribution in [0.1, 0.15) is 88.2 Å². The van der Waals surface area contributed by atoms with Crippen molar-refractivity contribution in [2.75, 3.05) is 25.6 Å². The molecule has 1 N–H and O–H groups in total. The standard InChI is InChI=1S/C30H33FN4O2.2C2H6/c1-17(2)19-12-18(3)13-20(14-19)26-23(31)16-33-28-27(26)32-15-22(29(28)35(4)5)30(36)34-24-10-11-37-25-9-7-6-8-21(24)25;2*1-2/h6,8,12-17,24H,7,9-11H2,1-5H3,(H,34,36);2*1-2H3. The summed E-state index contributed by atoms with van der Waals surface area (Å²) in [6.07, 6.45) is 9.45. The maximum atomic E-state index is 15.3. The first kappa shape index (κ1) is 31.8. The summed E-state index contributed by atoms with van der Waals surface area (Å²) in [5, 5.41) is 3.18. The normalized spacial score (nSPS) is 15.7. The Morgan fingerprint density at radius 1 is 1.07 bits per heavy atom. The Morgan fingerprint density at radius 3 is 2.46 bits per heavy atom. The molecule has 1 aliphatic heterocycles. The fourth-order valence-electron chi connectivity index (χ4n) is 5.25. The number of hydrogen-bond donors (Lipinski definition) is 1. The first-order valence-corrected chi connectivity index (χ1v) is 14.8. The predicted octanol–water partition coefficient (Wildman–Crippen LogP) is 8.11. The van der Waals surface area contributed by atoms with E-state index in [4.69, 9.17) is 4.74 Å². The number of ether oxygens (including phenoxy) is 1. The van der Waals surface area contributed by atoms with E-state index in [9.17, 15) is 4.79 Å². The predicted molar refractivity (Wildman–Crippen MR) is 168 cm³/mol. The van der Waals surface area contributed by atoms with Gasteiger partial charge in [-0.25, -0.2) is 9.37 Å². The lowest BCUT2D eigenvalue weighted by molar-refractivity contribution is 0.0921. The topological polar surface area (TPSA) is 67.4 Å². The van der Waals surface area contributed by atoms with E-state index in [1.807, 2.05) is 65.7 Å². The number of pyridine rings is 2. The van der Waals surface area contributed by atoms with Gasteiger partial charge in [0.05, 0.1) is 30.1 Å². The Morgan fingerprint density at radius 2 is 1.78 bits per heavy atom. The number of fused-ring (bicyclic) bond motifs is 1. The van der Waals surface area contributed by atoms with Gasteiger partial charge >= 0.3 is 0 Å². The number of anilines is 1. The molecule has 0 spiro atoms. The van der Waals surface area contributed by atoms with Gasteiger partial charge in [-0.2, -0.15) is 0 Å². The van der Waals surface area contributed by atoms with Gasteiger partial charge < -0.3 is 15.0 Å². The number of allylic oxidation sites excluding steroid dienone is 2. The second-order valence-electron chi connectivity index (χ2n) is 10.4. The number of aryl methyl sites for hydroxylation is 1. The molecule has 1 amide bonds. The third-order valence-electron chi connectivity index (χ3n) is 7.08. The van der Waals surface area contributed by atoms with Gasteiger partial charge in [-0.05, 0) is 30.4 Å². The average Bonchev–Trinajstić information content (AvgIpc) is 2.98. The summed E-state index contributed by atoms with van der Waals surface area (Å²) in [7, 11) is 3.72. The molecule has 5 rings (SSSR count). The minimum atomic E-state index is -0.437. The van der Waals surface area contributed by atoms with Crippen LogP contribution in [-0.4, -0.2) is 42.6 Å². The summed E-state index contributed by atoms with van der Waals surface area (Å²) >= 11 is 0. The van der Waals surface area contributed by atoms with Gasteiger partial charge in [0.1, 0.15) is 16.8 Å². The molecule has 6 nitrogen and oxygen atoms in total. The highest BCUT2D eigenvalue weighted by Gasteiger charge is 2.28. The number of benzene rings is 1. The van der Waals surface area contributed by atoms with Crippen molar-refractivity contribution in [2.24, 2.45) is 0 Å². The number of carbonyl (C=O) groups excluding carboxylic acids is 1. The molecule has 0 saturated heterocycles. The van der Waals surface area contributed by atoms with E-state index in [0.717, 1.165) is 40.9 Å². The quantitative estimate of drug-likeness (QED) is 0.341. The Hall–Kier alpha value is -3.74. The van der Waals surface area contributed by atoms with Gasteiger partial charge in [0.25, 0.3) is 5.91 Å². The van der Waals surface area contributed by atoms with Crippen LogP contribution in [0.25, 0.3) is 22.2 Å². The van der Waals surface area contributed by atoms with Gasteiger partial charge in [0.15, 0.2) is 5.82 Å². The lowest BCUT2D eigenvalue weighted by Gasteiger charge is -2.30. The lowest BCUT2D eigenvalue weighted by Crippen LogP contribution is -2.40. The highest BCUT2D eigenvalue weighted by Crippen LogP contribution is 2.36. The number of aromatic nitrogens is 2. The zero-order chi connectivity index (χ0) is 30.3. The van der Waals surface area contributed by atoms with E-state index < -0.39 is 5.82 Å². The second-order valence-corrected chi connectivity index (χ2v) is 10.4. The molecule has 41 heavy (non-hydrogen) atoms. The minimum Gasteiger partial charge on any atom is -0.497 e.